The van der Waals surface area contributed by atoms with E-state index in [9.17, 15) is 16.8 Å². The van der Waals surface area contributed by atoms with Crippen LogP contribution in [-0.4, -0.2) is 22.6 Å². The fraction of sp³-hybridized carbons (Fsp3) is 1.00. The summed E-state index contributed by atoms with van der Waals surface area (Å²) < 4.78 is 41.9. The SMILES string of the molecule is CCS(=O)(=O)NS([NH])(=O)=O. The molecule has 0 rings (SSSR count). The van der Waals surface area contributed by atoms with Crippen LogP contribution in [0.4, 0.5) is 0 Å². The zero-order chi connectivity index (χ0) is 8.41. The maximum absolute atomic E-state index is 10.4. The molecule has 6 nitrogen and oxygen atoms in total. The summed E-state index contributed by atoms with van der Waals surface area (Å²) in [5, 5.41) is 6.17. The van der Waals surface area contributed by atoms with Crippen LogP contribution in [0.25, 0.3) is 0 Å². The van der Waals surface area contributed by atoms with Gasteiger partial charge in [-0.2, -0.15) is 8.42 Å². The number of nitrogens with one attached hydrogen (secondary N) is 2. The Morgan fingerprint density at radius 1 is 1.30 bits per heavy atom. The molecule has 10 heavy (non-hydrogen) atoms. The summed E-state index contributed by atoms with van der Waals surface area (Å²) in [7, 11) is -8.18. The van der Waals surface area contributed by atoms with Crippen molar-refractivity contribution in [2.24, 2.45) is 0 Å². The van der Waals surface area contributed by atoms with Crippen LogP contribution in [-0.2, 0) is 20.2 Å². The molecule has 0 unspecified atom stereocenters. The summed E-state index contributed by atoms with van der Waals surface area (Å²) in [6, 6.07) is 0. The van der Waals surface area contributed by atoms with Gasteiger partial charge in [0.1, 0.15) is 0 Å². The predicted octanol–water partition coefficient (Wildman–Crippen LogP) is -1.55. The summed E-state index contributed by atoms with van der Waals surface area (Å²) in [6.45, 7) is 1.27. The van der Waals surface area contributed by atoms with Crippen LogP contribution in [0.5, 0.6) is 0 Å². The highest BCUT2D eigenvalue weighted by molar-refractivity contribution is 8.03. The van der Waals surface area contributed by atoms with E-state index in [1.807, 2.05) is 0 Å². The lowest BCUT2D eigenvalue weighted by molar-refractivity contribution is 0.578. The molecule has 0 aromatic rings. The molecule has 8 heteroatoms. The van der Waals surface area contributed by atoms with Gasteiger partial charge in [0.2, 0.25) is 10.0 Å². The van der Waals surface area contributed by atoms with Crippen molar-refractivity contribution >= 4 is 20.2 Å². The maximum Gasteiger partial charge on any atom is 0.303 e. The first-order valence-corrected chi connectivity index (χ1v) is 5.41. The van der Waals surface area contributed by atoms with Gasteiger partial charge in [0.05, 0.1) is 5.75 Å². The molecule has 0 amide bonds. The molecule has 0 saturated carbocycles. The lowest BCUT2D eigenvalue weighted by Crippen LogP contribution is -2.32. The Kier molecular flexibility index (Phi) is 2.77. The Morgan fingerprint density at radius 3 is 1.80 bits per heavy atom. The van der Waals surface area contributed by atoms with Gasteiger partial charge in [-0.15, -0.1) is 5.14 Å². The average molecular weight is 187 g/mol. The first-order chi connectivity index (χ1) is 4.27. The Labute approximate surface area is 59.7 Å². The van der Waals surface area contributed by atoms with Gasteiger partial charge in [0.15, 0.2) is 0 Å². The third-order valence-corrected chi connectivity index (χ3v) is 3.27. The molecule has 0 bridgehead atoms. The molecule has 0 aliphatic heterocycles. The summed E-state index contributed by atoms with van der Waals surface area (Å²) in [4.78, 5) is 0. The van der Waals surface area contributed by atoms with Gasteiger partial charge in [0, 0.05) is 0 Å². The minimum absolute atomic E-state index is 0.356. The van der Waals surface area contributed by atoms with Crippen LogP contribution >= 0.6 is 0 Å². The monoisotopic (exact) mass is 187 g/mol. The minimum Gasteiger partial charge on any atom is -0.211 e. The largest absolute Gasteiger partial charge is 0.303 e. The molecule has 0 atom stereocenters. The summed E-state index contributed by atoms with van der Waals surface area (Å²) in [6.07, 6.45) is 0. The Balaban J connectivity index is 4.49. The molecule has 61 valence electrons. The van der Waals surface area contributed by atoms with Crippen molar-refractivity contribution < 1.29 is 16.8 Å². The van der Waals surface area contributed by atoms with Crippen molar-refractivity contribution in [1.29, 1.82) is 0 Å². The van der Waals surface area contributed by atoms with Gasteiger partial charge >= 0.3 is 10.2 Å². The van der Waals surface area contributed by atoms with E-state index in [1.165, 1.54) is 6.92 Å². The third-order valence-electron chi connectivity index (χ3n) is 0.617. The smallest absolute Gasteiger partial charge is 0.211 e. The standard InChI is InChI=1S/C2H7N2O4S2/c1-2-9(5,6)4-10(3,7)8/h3-4H,2H2,1H3. The zero-order valence-corrected chi connectivity index (χ0v) is 6.79. The fourth-order valence-electron chi connectivity index (χ4n) is 0.226. The number of hydrogen-bond donors (Lipinski definition) is 1. The summed E-state index contributed by atoms with van der Waals surface area (Å²) >= 11 is 0. The number of rotatable bonds is 3. The Morgan fingerprint density at radius 2 is 1.70 bits per heavy atom. The molecule has 0 aromatic carbocycles. The highest BCUT2D eigenvalue weighted by atomic mass is 32.3. The quantitative estimate of drug-likeness (QED) is 0.577. The van der Waals surface area contributed by atoms with Gasteiger partial charge in [0.25, 0.3) is 0 Å². The lowest BCUT2D eigenvalue weighted by Gasteiger charge is -1.97. The molecule has 0 spiro atoms. The van der Waals surface area contributed by atoms with Crippen LogP contribution in [0.15, 0.2) is 0 Å². The topological polar surface area (TPSA) is 104 Å². The lowest BCUT2D eigenvalue weighted by atomic mass is 11.0. The molecule has 0 fully saturated rings. The molecule has 0 saturated heterocycles. The number of sulfonamides is 1. The van der Waals surface area contributed by atoms with Crippen LogP contribution in [0, 0.1) is 0 Å². The van der Waals surface area contributed by atoms with Gasteiger partial charge in [-0.1, -0.05) is 4.13 Å². The molecule has 0 aromatic heterocycles. The summed E-state index contributed by atoms with van der Waals surface area (Å²) in [5.41, 5.74) is 0. The van der Waals surface area contributed by atoms with Gasteiger partial charge < -0.3 is 0 Å². The first kappa shape index (κ1) is 9.82. The van der Waals surface area contributed by atoms with E-state index >= 15 is 0 Å². The predicted molar refractivity (Wildman–Crippen MR) is 34.6 cm³/mol. The van der Waals surface area contributed by atoms with E-state index in [2.05, 4.69) is 0 Å². The van der Waals surface area contributed by atoms with Crippen molar-refractivity contribution in [3.05, 3.63) is 0 Å². The Hall–Kier alpha value is -0.180. The van der Waals surface area contributed by atoms with Crippen molar-refractivity contribution in [2.75, 3.05) is 5.75 Å². The molecule has 0 aliphatic rings. The van der Waals surface area contributed by atoms with Gasteiger partial charge in [-0.05, 0) is 6.92 Å². The second kappa shape index (κ2) is 2.82. The van der Waals surface area contributed by atoms with E-state index in [1.54, 1.807) is 0 Å². The summed E-state index contributed by atoms with van der Waals surface area (Å²) in [5.74, 6) is -0.356. The maximum atomic E-state index is 10.4. The third kappa shape index (κ3) is 4.68. The fourth-order valence-corrected chi connectivity index (χ4v) is 2.03. The molecular formula is C2H7N2O4S2. The van der Waals surface area contributed by atoms with Crippen molar-refractivity contribution in [2.45, 2.75) is 6.92 Å². The zero-order valence-electron chi connectivity index (χ0n) is 5.16. The molecule has 0 aliphatic carbocycles. The van der Waals surface area contributed by atoms with Crippen molar-refractivity contribution in [1.82, 2.24) is 9.27 Å². The highest BCUT2D eigenvalue weighted by Crippen LogP contribution is 1.84. The molecular weight excluding hydrogens is 180 g/mol. The van der Waals surface area contributed by atoms with Crippen LogP contribution in [0.2, 0.25) is 0 Å². The minimum atomic E-state index is -4.38. The van der Waals surface area contributed by atoms with E-state index in [0.717, 1.165) is 4.13 Å². The van der Waals surface area contributed by atoms with E-state index in [4.69, 9.17) is 5.14 Å². The van der Waals surface area contributed by atoms with Gasteiger partial charge in [-0.25, -0.2) is 8.42 Å². The van der Waals surface area contributed by atoms with Crippen LogP contribution in [0.1, 0.15) is 6.92 Å². The normalized spacial score (nSPS) is 13.4. The Bertz CT molecular complexity index is 287. The molecule has 2 N–H and O–H groups in total. The first-order valence-electron chi connectivity index (χ1n) is 2.27. The molecule has 0 heterocycles. The average Bonchev–Trinajstić information content (AvgIpc) is 1.60. The van der Waals surface area contributed by atoms with E-state index in [0.29, 0.717) is 0 Å². The van der Waals surface area contributed by atoms with E-state index in [-0.39, 0.29) is 5.75 Å². The number of hydrogen-bond acceptors (Lipinski definition) is 4. The van der Waals surface area contributed by atoms with E-state index < -0.39 is 20.2 Å². The molecule has 1 radical (unpaired) electrons. The highest BCUT2D eigenvalue weighted by Gasteiger charge is 2.13. The van der Waals surface area contributed by atoms with Crippen LogP contribution < -0.4 is 9.27 Å². The second-order valence-corrected chi connectivity index (χ2v) is 4.97. The van der Waals surface area contributed by atoms with Crippen molar-refractivity contribution in [3.8, 4) is 0 Å². The van der Waals surface area contributed by atoms with Gasteiger partial charge in [-0.3, -0.25) is 0 Å². The van der Waals surface area contributed by atoms with Crippen LogP contribution in [0.3, 0.4) is 0 Å². The van der Waals surface area contributed by atoms with Crippen molar-refractivity contribution in [3.63, 3.8) is 0 Å². The second-order valence-electron chi connectivity index (χ2n) is 1.49.